The van der Waals surface area contributed by atoms with E-state index in [9.17, 15) is 0 Å². The van der Waals surface area contributed by atoms with E-state index in [1.54, 1.807) is 16.8 Å². The quantitative estimate of drug-likeness (QED) is 0.527. The molecule has 2 nitrogen and oxygen atoms in total. The molecule has 0 fully saturated rings. The first-order valence-electron chi connectivity index (χ1n) is 2.32. The van der Waals surface area contributed by atoms with Crippen LogP contribution in [0, 0.1) is 0 Å². The van der Waals surface area contributed by atoms with Crippen molar-refractivity contribution in [3.63, 3.8) is 0 Å². The van der Waals surface area contributed by atoms with Crippen molar-refractivity contribution >= 4 is 32.1 Å². The van der Waals surface area contributed by atoms with Crippen molar-refractivity contribution in [1.29, 1.82) is 0 Å². The maximum Gasteiger partial charge on any atom is 0.165 e. The summed E-state index contributed by atoms with van der Waals surface area (Å²) in [4.78, 5) is 0. The van der Waals surface area contributed by atoms with Gasteiger partial charge >= 0.3 is 0 Å². The van der Waals surface area contributed by atoms with E-state index in [4.69, 9.17) is 0 Å². The third kappa shape index (κ3) is 1.84. The Morgan fingerprint density at radius 1 is 1.67 bits per heavy atom. The Labute approximate surface area is 64.8 Å². The largest absolute Gasteiger partial charge is 0.165 e. The highest BCUT2D eigenvalue weighted by Gasteiger charge is 2.11. The van der Waals surface area contributed by atoms with Gasteiger partial charge in [-0.1, -0.05) is 11.3 Å². The topological polar surface area (TPSA) is 25.8 Å². The van der Waals surface area contributed by atoms with Crippen LogP contribution in [0.5, 0.6) is 0 Å². The van der Waals surface area contributed by atoms with Crippen LogP contribution < -0.4 is 0 Å². The van der Waals surface area contributed by atoms with Crippen LogP contribution in [0.3, 0.4) is 0 Å². The molecular formula is C4H8N2S3. The van der Waals surface area contributed by atoms with Crippen LogP contribution in [0.25, 0.3) is 0 Å². The lowest BCUT2D eigenvalue weighted by Crippen LogP contribution is -1.84. The predicted octanol–water partition coefficient (Wildman–Crippen LogP) is 1.81. The Hall–Kier alpha value is 0.260. The number of thiol groups is 1. The average molecular weight is 180 g/mol. The average Bonchev–Trinajstić information content (AvgIpc) is 2.08. The minimum atomic E-state index is -0.920. The van der Waals surface area contributed by atoms with Crippen LogP contribution in [-0.4, -0.2) is 22.7 Å². The summed E-state index contributed by atoms with van der Waals surface area (Å²) in [6, 6.07) is 0. The zero-order chi connectivity index (χ0) is 6.91. The molecule has 1 aromatic heterocycles. The lowest BCUT2D eigenvalue weighted by Gasteiger charge is -2.18. The monoisotopic (exact) mass is 180 g/mol. The molecule has 0 aliphatic heterocycles. The minimum absolute atomic E-state index is 0.920. The molecule has 0 amide bonds. The molecule has 0 unspecified atom stereocenters. The van der Waals surface area contributed by atoms with Gasteiger partial charge in [-0.05, 0) is 12.5 Å². The van der Waals surface area contributed by atoms with Crippen molar-refractivity contribution in [2.24, 2.45) is 0 Å². The molecule has 1 aromatic rings. The van der Waals surface area contributed by atoms with Crippen molar-refractivity contribution in [2.75, 3.05) is 12.5 Å². The molecule has 0 spiro atoms. The molecule has 0 bridgehead atoms. The smallest absolute Gasteiger partial charge is 0.146 e. The fraction of sp³-hybridized carbons (Fsp3) is 0.500. The summed E-state index contributed by atoms with van der Waals surface area (Å²) in [6.07, 6.45) is 4.16. The van der Waals surface area contributed by atoms with Crippen LogP contribution >= 0.6 is 32.1 Å². The van der Waals surface area contributed by atoms with Gasteiger partial charge in [0, 0.05) is 0 Å². The molecule has 0 aliphatic rings. The summed E-state index contributed by atoms with van der Waals surface area (Å²) in [7, 11) is -0.920. The van der Waals surface area contributed by atoms with Crippen LogP contribution in [-0.2, 0) is 0 Å². The predicted molar refractivity (Wildman–Crippen MR) is 46.6 cm³/mol. The second kappa shape index (κ2) is 2.48. The Kier molecular flexibility index (Phi) is 2.03. The van der Waals surface area contributed by atoms with E-state index in [-0.39, 0.29) is 0 Å². The SMILES string of the molecule is CS(C)(S)c1nncs1. The number of hydrogen-bond donors (Lipinski definition) is 1. The fourth-order valence-electron chi connectivity index (χ4n) is 0.381. The van der Waals surface area contributed by atoms with Gasteiger partial charge in [0.2, 0.25) is 0 Å². The van der Waals surface area contributed by atoms with Gasteiger partial charge in [-0.3, -0.25) is 0 Å². The van der Waals surface area contributed by atoms with Gasteiger partial charge in [0.15, 0.2) is 4.34 Å². The fourth-order valence-corrected chi connectivity index (χ4v) is 2.47. The highest BCUT2D eigenvalue weighted by atomic mass is 33.1. The molecule has 0 saturated heterocycles. The van der Waals surface area contributed by atoms with Crippen molar-refractivity contribution < 1.29 is 0 Å². The first kappa shape index (κ1) is 7.37. The summed E-state index contributed by atoms with van der Waals surface area (Å²) in [5.74, 6) is 0. The Balaban J connectivity index is 2.90. The van der Waals surface area contributed by atoms with Crippen molar-refractivity contribution in [3.8, 4) is 0 Å². The van der Waals surface area contributed by atoms with Crippen LogP contribution in [0.2, 0.25) is 0 Å². The molecule has 0 atom stereocenters. The van der Waals surface area contributed by atoms with E-state index in [2.05, 4.69) is 34.4 Å². The standard InChI is InChI=1S/C4H8N2S3/c1-9(2,7)4-6-5-3-8-4/h3,7H,1-2H3. The summed E-state index contributed by atoms with van der Waals surface area (Å²) in [5.41, 5.74) is 1.74. The molecule has 0 aromatic carbocycles. The zero-order valence-corrected chi connectivity index (χ0v) is 7.76. The molecular weight excluding hydrogens is 172 g/mol. The Morgan fingerprint density at radius 2 is 2.33 bits per heavy atom. The van der Waals surface area contributed by atoms with Gasteiger partial charge < -0.3 is 0 Å². The van der Waals surface area contributed by atoms with Gasteiger partial charge in [0.25, 0.3) is 0 Å². The van der Waals surface area contributed by atoms with Gasteiger partial charge in [-0.2, -0.15) is 0 Å². The Bertz CT molecular complexity index is 176. The maximum atomic E-state index is 4.40. The summed E-state index contributed by atoms with van der Waals surface area (Å²) < 4.78 is 1.05. The minimum Gasteiger partial charge on any atom is -0.146 e. The van der Waals surface area contributed by atoms with Gasteiger partial charge in [-0.25, -0.2) is 0 Å². The molecule has 52 valence electrons. The normalized spacial score (nSPS) is 13.7. The molecule has 1 rings (SSSR count). The van der Waals surface area contributed by atoms with Crippen LogP contribution in [0.4, 0.5) is 0 Å². The van der Waals surface area contributed by atoms with Crippen molar-refractivity contribution in [3.05, 3.63) is 5.51 Å². The van der Waals surface area contributed by atoms with Gasteiger partial charge in [0.1, 0.15) is 5.51 Å². The van der Waals surface area contributed by atoms with Crippen molar-refractivity contribution in [1.82, 2.24) is 10.2 Å². The molecule has 9 heavy (non-hydrogen) atoms. The van der Waals surface area contributed by atoms with E-state index >= 15 is 0 Å². The first-order valence-corrected chi connectivity index (χ1v) is 6.71. The van der Waals surface area contributed by atoms with Crippen LogP contribution in [0.1, 0.15) is 0 Å². The van der Waals surface area contributed by atoms with E-state index in [0.717, 1.165) is 4.34 Å². The second-order valence-corrected chi connectivity index (χ2v) is 8.74. The first-order chi connectivity index (χ1) is 4.11. The lowest BCUT2D eigenvalue weighted by atomic mass is 11.6. The second-order valence-electron chi connectivity index (χ2n) is 1.98. The lowest BCUT2D eigenvalue weighted by molar-refractivity contribution is 1.01. The molecule has 0 radical (unpaired) electrons. The molecule has 0 aliphatic carbocycles. The number of hydrogen-bond acceptors (Lipinski definition) is 4. The van der Waals surface area contributed by atoms with Gasteiger partial charge in [0.05, 0.1) is 0 Å². The maximum absolute atomic E-state index is 4.40. The highest BCUT2D eigenvalue weighted by molar-refractivity contribution is 8.87. The van der Waals surface area contributed by atoms with E-state index < -0.39 is 9.06 Å². The summed E-state index contributed by atoms with van der Waals surface area (Å²) >= 11 is 5.97. The molecule has 1 heterocycles. The summed E-state index contributed by atoms with van der Waals surface area (Å²) in [5, 5.41) is 7.65. The third-order valence-electron chi connectivity index (χ3n) is 0.767. The van der Waals surface area contributed by atoms with Gasteiger partial charge in [-0.15, -0.1) is 30.9 Å². The molecule has 0 N–H and O–H groups in total. The van der Waals surface area contributed by atoms with Crippen LogP contribution in [0.15, 0.2) is 9.85 Å². The number of nitrogens with zero attached hydrogens (tertiary/aromatic N) is 2. The van der Waals surface area contributed by atoms with E-state index in [0.29, 0.717) is 0 Å². The number of rotatable bonds is 1. The zero-order valence-electron chi connectivity index (χ0n) is 5.24. The van der Waals surface area contributed by atoms with E-state index in [1.807, 2.05) is 0 Å². The van der Waals surface area contributed by atoms with E-state index in [1.165, 1.54) is 0 Å². The Morgan fingerprint density at radius 3 is 2.56 bits per heavy atom. The summed E-state index contributed by atoms with van der Waals surface area (Å²) in [6.45, 7) is 0. The van der Waals surface area contributed by atoms with Crippen molar-refractivity contribution in [2.45, 2.75) is 4.34 Å². The number of aromatic nitrogens is 2. The molecule has 0 saturated carbocycles. The third-order valence-corrected chi connectivity index (χ3v) is 4.61. The highest BCUT2D eigenvalue weighted by Crippen LogP contribution is 2.53. The molecule has 5 heteroatoms.